The monoisotopic (exact) mass is 359 g/mol. The molecular formula is C16H26BrNOS. The van der Waals surface area contributed by atoms with Crippen molar-refractivity contribution in [3.05, 3.63) is 27.7 Å². The van der Waals surface area contributed by atoms with Crippen LogP contribution in [0.4, 0.5) is 0 Å². The molecule has 0 bridgehead atoms. The van der Waals surface area contributed by atoms with Crippen LogP contribution in [-0.4, -0.2) is 24.7 Å². The maximum atomic E-state index is 6.00. The van der Waals surface area contributed by atoms with Gasteiger partial charge in [-0.1, -0.05) is 36.7 Å². The van der Waals surface area contributed by atoms with Crippen molar-refractivity contribution >= 4 is 27.7 Å². The second-order valence-electron chi connectivity index (χ2n) is 5.28. The van der Waals surface area contributed by atoms with Crippen LogP contribution in [0.25, 0.3) is 0 Å². The third-order valence-electron chi connectivity index (χ3n) is 2.86. The number of ether oxygens (including phenoxy) is 1. The zero-order chi connectivity index (χ0) is 15.0. The van der Waals surface area contributed by atoms with E-state index >= 15 is 0 Å². The average molecular weight is 360 g/mol. The highest BCUT2D eigenvalue weighted by molar-refractivity contribution is 9.10. The Morgan fingerprint density at radius 3 is 2.75 bits per heavy atom. The lowest BCUT2D eigenvalue weighted by Gasteiger charge is -2.16. The zero-order valence-electron chi connectivity index (χ0n) is 13.0. The quantitative estimate of drug-likeness (QED) is 0.649. The topological polar surface area (TPSA) is 21.3 Å². The summed E-state index contributed by atoms with van der Waals surface area (Å²) in [6.45, 7) is 11.4. The summed E-state index contributed by atoms with van der Waals surface area (Å²) >= 11 is 5.49. The molecule has 1 rings (SSSR count). The largest absolute Gasteiger partial charge is 0.492 e. The summed E-state index contributed by atoms with van der Waals surface area (Å²) in [6.07, 6.45) is 0. The Bertz CT molecular complexity index is 410. The van der Waals surface area contributed by atoms with Crippen molar-refractivity contribution in [3.8, 4) is 5.75 Å². The molecule has 0 aliphatic heterocycles. The normalized spacial score (nSPS) is 11.1. The smallest absolute Gasteiger partial charge is 0.126 e. The Kier molecular flexibility index (Phi) is 8.66. The predicted molar refractivity (Wildman–Crippen MR) is 93.9 cm³/mol. The van der Waals surface area contributed by atoms with Gasteiger partial charge in [0.25, 0.3) is 0 Å². The molecule has 0 spiro atoms. The summed E-state index contributed by atoms with van der Waals surface area (Å²) in [7, 11) is 0. The van der Waals surface area contributed by atoms with E-state index in [1.165, 1.54) is 11.1 Å². The van der Waals surface area contributed by atoms with Crippen LogP contribution in [0.1, 0.15) is 31.9 Å². The fraction of sp³-hybridized carbons (Fsp3) is 0.625. The Labute approximate surface area is 136 Å². The molecule has 2 nitrogen and oxygen atoms in total. The molecule has 1 aromatic rings. The zero-order valence-corrected chi connectivity index (χ0v) is 15.4. The molecule has 1 aromatic carbocycles. The van der Waals surface area contributed by atoms with Gasteiger partial charge < -0.3 is 10.1 Å². The van der Waals surface area contributed by atoms with Crippen molar-refractivity contribution in [1.82, 2.24) is 5.32 Å². The molecule has 0 saturated heterocycles. The Balaban J connectivity index is 2.68. The van der Waals surface area contributed by atoms with Crippen LogP contribution in [-0.2, 0) is 6.54 Å². The standard InChI is InChI=1S/C16H26BrNOS/c1-5-20-7-6-19-16-13(4)8-15(17)9-14(16)11-18-10-12(2)3/h8-9,12,18H,5-7,10-11H2,1-4H3. The van der Waals surface area contributed by atoms with Crippen molar-refractivity contribution < 1.29 is 4.74 Å². The van der Waals surface area contributed by atoms with E-state index in [0.29, 0.717) is 5.92 Å². The lowest BCUT2D eigenvalue weighted by atomic mass is 10.1. The average Bonchev–Trinajstić information content (AvgIpc) is 2.36. The molecule has 0 radical (unpaired) electrons. The highest BCUT2D eigenvalue weighted by Gasteiger charge is 2.09. The van der Waals surface area contributed by atoms with Crippen molar-refractivity contribution in [2.24, 2.45) is 5.92 Å². The maximum Gasteiger partial charge on any atom is 0.126 e. The number of hydrogen-bond acceptors (Lipinski definition) is 3. The van der Waals surface area contributed by atoms with Crippen LogP contribution in [0.15, 0.2) is 16.6 Å². The predicted octanol–water partition coefficient (Wildman–Crippen LogP) is 4.64. The minimum Gasteiger partial charge on any atom is -0.492 e. The Hall–Kier alpha value is -0.190. The van der Waals surface area contributed by atoms with E-state index in [1.807, 2.05) is 11.8 Å². The van der Waals surface area contributed by atoms with Gasteiger partial charge in [-0.3, -0.25) is 0 Å². The van der Waals surface area contributed by atoms with Crippen molar-refractivity contribution in [1.29, 1.82) is 0 Å². The van der Waals surface area contributed by atoms with Crippen LogP contribution in [0, 0.1) is 12.8 Å². The van der Waals surface area contributed by atoms with Gasteiger partial charge in [0.2, 0.25) is 0 Å². The van der Waals surface area contributed by atoms with Gasteiger partial charge in [0.1, 0.15) is 5.75 Å². The number of rotatable bonds is 9. The van der Waals surface area contributed by atoms with Crippen molar-refractivity contribution in [2.45, 2.75) is 34.2 Å². The first kappa shape index (κ1) is 17.9. The number of aryl methyl sites for hydroxylation is 1. The number of thioether (sulfide) groups is 1. The molecular weight excluding hydrogens is 334 g/mol. The Morgan fingerprint density at radius 1 is 1.35 bits per heavy atom. The van der Waals surface area contributed by atoms with Gasteiger partial charge in [-0.25, -0.2) is 0 Å². The van der Waals surface area contributed by atoms with Gasteiger partial charge >= 0.3 is 0 Å². The van der Waals surface area contributed by atoms with E-state index in [1.54, 1.807) is 0 Å². The highest BCUT2D eigenvalue weighted by Crippen LogP contribution is 2.28. The van der Waals surface area contributed by atoms with E-state index in [9.17, 15) is 0 Å². The van der Waals surface area contributed by atoms with Crippen LogP contribution >= 0.6 is 27.7 Å². The first-order valence-electron chi connectivity index (χ1n) is 7.24. The van der Waals surface area contributed by atoms with E-state index in [-0.39, 0.29) is 0 Å². The van der Waals surface area contributed by atoms with Gasteiger partial charge in [-0.15, -0.1) is 0 Å². The van der Waals surface area contributed by atoms with Gasteiger partial charge in [0.05, 0.1) is 6.61 Å². The fourth-order valence-electron chi connectivity index (χ4n) is 1.98. The molecule has 0 saturated carbocycles. The molecule has 114 valence electrons. The molecule has 0 fully saturated rings. The van der Waals surface area contributed by atoms with Crippen LogP contribution in [0.2, 0.25) is 0 Å². The molecule has 0 amide bonds. The third kappa shape index (κ3) is 6.51. The first-order valence-corrected chi connectivity index (χ1v) is 9.19. The highest BCUT2D eigenvalue weighted by atomic mass is 79.9. The summed E-state index contributed by atoms with van der Waals surface area (Å²) in [5.41, 5.74) is 2.43. The van der Waals surface area contributed by atoms with Crippen molar-refractivity contribution in [2.75, 3.05) is 24.7 Å². The van der Waals surface area contributed by atoms with E-state index in [4.69, 9.17) is 4.74 Å². The number of nitrogens with one attached hydrogen (secondary N) is 1. The third-order valence-corrected chi connectivity index (χ3v) is 4.18. The fourth-order valence-corrected chi connectivity index (χ4v) is 3.09. The molecule has 0 heterocycles. The summed E-state index contributed by atoms with van der Waals surface area (Å²) < 4.78 is 7.12. The second kappa shape index (κ2) is 9.69. The van der Waals surface area contributed by atoms with Crippen LogP contribution < -0.4 is 10.1 Å². The molecule has 0 aliphatic carbocycles. The van der Waals surface area contributed by atoms with Crippen molar-refractivity contribution in [3.63, 3.8) is 0 Å². The SMILES string of the molecule is CCSCCOc1c(C)cc(Br)cc1CNCC(C)C. The lowest BCUT2D eigenvalue weighted by Crippen LogP contribution is -2.20. The lowest BCUT2D eigenvalue weighted by molar-refractivity contribution is 0.336. The molecule has 0 aliphatic rings. The molecule has 4 heteroatoms. The molecule has 0 atom stereocenters. The van der Waals surface area contributed by atoms with Gasteiger partial charge in [-0.2, -0.15) is 11.8 Å². The first-order chi connectivity index (χ1) is 9.54. The van der Waals surface area contributed by atoms with Gasteiger partial charge in [-0.05, 0) is 42.8 Å². The molecule has 0 unspecified atom stereocenters. The molecule has 0 aromatic heterocycles. The molecule has 20 heavy (non-hydrogen) atoms. The van der Waals surface area contributed by atoms with E-state index in [0.717, 1.165) is 41.4 Å². The minimum absolute atomic E-state index is 0.661. The van der Waals surface area contributed by atoms with Gasteiger partial charge in [0.15, 0.2) is 0 Å². The van der Waals surface area contributed by atoms with Crippen LogP contribution in [0.3, 0.4) is 0 Å². The Morgan fingerprint density at radius 2 is 2.10 bits per heavy atom. The van der Waals surface area contributed by atoms with Crippen LogP contribution in [0.5, 0.6) is 5.75 Å². The molecule has 1 N–H and O–H groups in total. The van der Waals surface area contributed by atoms with Gasteiger partial charge in [0, 0.05) is 22.3 Å². The maximum absolute atomic E-state index is 6.00. The summed E-state index contributed by atoms with van der Waals surface area (Å²) in [5.74, 6) is 3.89. The summed E-state index contributed by atoms with van der Waals surface area (Å²) in [4.78, 5) is 0. The van der Waals surface area contributed by atoms with E-state index < -0.39 is 0 Å². The van der Waals surface area contributed by atoms with E-state index in [2.05, 4.69) is 61.1 Å². The second-order valence-corrected chi connectivity index (χ2v) is 7.59. The minimum atomic E-state index is 0.661. The number of hydrogen-bond donors (Lipinski definition) is 1. The number of halogens is 1. The summed E-state index contributed by atoms with van der Waals surface area (Å²) in [5, 5.41) is 3.49. The summed E-state index contributed by atoms with van der Waals surface area (Å²) in [6, 6.07) is 4.27. The number of benzene rings is 1.